The maximum atomic E-state index is 6.72. The van der Waals surface area contributed by atoms with Crippen molar-refractivity contribution in [2.45, 2.75) is 6.92 Å². The Morgan fingerprint density at radius 1 is 1.36 bits per heavy atom. The van der Waals surface area contributed by atoms with Gasteiger partial charge in [-0.2, -0.15) is 5.11 Å². The number of hydrogen-bond acceptors (Lipinski definition) is 2. The van der Waals surface area contributed by atoms with Crippen molar-refractivity contribution in [3.8, 4) is 0 Å². The molecule has 0 bridgehead atoms. The van der Waals surface area contributed by atoms with Crippen molar-refractivity contribution in [1.29, 1.82) is 5.53 Å². The lowest BCUT2D eigenvalue weighted by atomic mass is 10.1. The van der Waals surface area contributed by atoms with Gasteiger partial charge in [0.2, 0.25) is 0 Å². The quantitative estimate of drug-likeness (QED) is 0.621. The molecule has 2 nitrogen and oxygen atoms in total. The summed E-state index contributed by atoms with van der Waals surface area (Å²) in [5.74, 6) is 0. The fourth-order valence-electron chi connectivity index (χ4n) is 0.820. The molecule has 0 fully saturated rings. The smallest absolute Gasteiger partial charge is 0.0850 e. The second kappa shape index (κ2) is 3.10. The third-order valence-electron chi connectivity index (χ3n) is 1.49. The van der Waals surface area contributed by atoms with Gasteiger partial charge in [-0.25, -0.2) is 5.53 Å². The zero-order valence-electron chi connectivity index (χ0n) is 6.46. The number of allylic oxidation sites excluding steroid dienone is 1. The summed E-state index contributed by atoms with van der Waals surface area (Å²) in [6.07, 6.45) is 0. The maximum Gasteiger partial charge on any atom is 0.0850 e. The molecule has 0 amide bonds. The second-order valence-corrected chi connectivity index (χ2v) is 2.44. The molecule has 0 heterocycles. The molecule has 0 aliphatic carbocycles. The lowest BCUT2D eigenvalue weighted by molar-refractivity contribution is 1.15. The lowest BCUT2D eigenvalue weighted by Gasteiger charge is -1.97. The van der Waals surface area contributed by atoms with E-state index < -0.39 is 0 Å². The minimum absolute atomic E-state index is 0.676. The van der Waals surface area contributed by atoms with Crippen LogP contribution in [-0.2, 0) is 0 Å². The zero-order chi connectivity index (χ0) is 8.27. The molecular formula is C9H10N2. The van der Waals surface area contributed by atoms with Gasteiger partial charge in [-0.05, 0) is 24.6 Å². The molecule has 1 aromatic rings. The maximum absolute atomic E-state index is 6.72. The van der Waals surface area contributed by atoms with E-state index >= 15 is 0 Å². The van der Waals surface area contributed by atoms with E-state index in [0.29, 0.717) is 5.69 Å². The molecule has 0 saturated carbocycles. The van der Waals surface area contributed by atoms with Crippen LogP contribution >= 0.6 is 0 Å². The number of hydrogen-bond donors (Lipinski definition) is 1. The summed E-state index contributed by atoms with van der Waals surface area (Å²) >= 11 is 0. The minimum atomic E-state index is 0.676. The predicted octanol–water partition coefficient (Wildman–Crippen LogP) is 3.38. The number of nitrogens with zero attached hydrogens (tertiary/aromatic N) is 1. The van der Waals surface area contributed by atoms with Crippen LogP contribution in [0.15, 0.2) is 36.0 Å². The normalized spacial score (nSPS) is 9.18. The van der Waals surface area contributed by atoms with E-state index in [2.05, 4.69) is 11.7 Å². The molecule has 0 atom stereocenters. The topological polar surface area (TPSA) is 36.2 Å². The van der Waals surface area contributed by atoms with Crippen molar-refractivity contribution in [1.82, 2.24) is 0 Å². The molecule has 0 radical (unpaired) electrons. The van der Waals surface area contributed by atoms with Crippen LogP contribution in [0.4, 0.5) is 5.69 Å². The van der Waals surface area contributed by atoms with Crippen LogP contribution in [0.25, 0.3) is 5.57 Å². The van der Waals surface area contributed by atoms with Gasteiger partial charge in [0.15, 0.2) is 0 Å². The summed E-state index contributed by atoms with van der Waals surface area (Å²) in [6, 6.07) is 7.43. The van der Waals surface area contributed by atoms with Gasteiger partial charge in [0.1, 0.15) is 0 Å². The first-order chi connectivity index (χ1) is 5.24. The largest absolute Gasteiger partial charge is 0.204 e. The summed E-state index contributed by atoms with van der Waals surface area (Å²) in [5, 5.41) is 3.29. The van der Waals surface area contributed by atoms with Crippen LogP contribution in [0.2, 0.25) is 0 Å². The number of benzene rings is 1. The fraction of sp³-hybridized carbons (Fsp3) is 0.111. The lowest BCUT2D eigenvalue weighted by Crippen LogP contribution is -1.74. The average Bonchev–Trinajstić information content (AvgIpc) is 2.05. The Morgan fingerprint density at radius 3 is 2.27 bits per heavy atom. The fourth-order valence-corrected chi connectivity index (χ4v) is 0.820. The highest BCUT2D eigenvalue weighted by molar-refractivity contribution is 5.62. The molecule has 0 aliphatic heterocycles. The van der Waals surface area contributed by atoms with Crippen molar-refractivity contribution in [2.75, 3.05) is 0 Å². The van der Waals surface area contributed by atoms with Gasteiger partial charge in [-0.15, -0.1) is 0 Å². The molecular weight excluding hydrogens is 136 g/mol. The van der Waals surface area contributed by atoms with Gasteiger partial charge < -0.3 is 0 Å². The van der Waals surface area contributed by atoms with Crippen molar-refractivity contribution >= 4 is 11.3 Å². The Balaban J connectivity index is 3.00. The molecule has 1 N–H and O–H groups in total. The van der Waals surface area contributed by atoms with Crippen molar-refractivity contribution in [3.63, 3.8) is 0 Å². The predicted molar refractivity (Wildman–Crippen MR) is 46.0 cm³/mol. The van der Waals surface area contributed by atoms with E-state index in [1.165, 1.54) is 0 Å². The first-order valence-electron chi connectivity index (χ1n) is 3.37. The molecule has 1 aromatic carbocycles. The Hall–Kier alpha value is -1.44. The van der Waals surface area contributed by atoms with Gasteiger partial charge >= 0.3 is 0 Å². The van der Waals surface area contributed by atoms with E-state index in [9.17, 15) is 0 Å². The molecule has 0 aromatic heterocycles. The van der Waals surface area contributed by atoms with E-state index in [1.807, 2.05) is 19.1 Å². The molecule has 56 valence electrons. The third-order valence-corrected chi connectivity index (χ3v) is 1.49. The first kappa shape index (κ1) is 7.66. The Labute approximate surface area is 66.1 Å². The van der Waals surface area contributed by atoms with Gasteiger partial charge in [0.05, 0.1) is 5.69 Å². The highest BCUT2D eigenvalue weighted by Crippen LogP contribution is 2.16. The van der Waals surface area contributed by atoms with Crippen LogP contribution in [-0.4, -0.2) is 0 Å². The number of nitrogens with one attached hydrogen (secondary N) is 1. The van der Waals surface area contributed by atoms with Crippen LogP contribution < -0.4 is 0 Å². The van der Waals surface area contributed by atoms with Crippen LogP contribution in [0.3, 0.4) is 0 Å². The second-order valence-electron chi connectivity index (χ2n) is 2.44. The summed E-state index contributed by atoms with van der Waals surface area (Å²) in [5.41, 5.74) is 9.52. The Kier molecular flexibility index (Phi) is 2.16. The SMILES string of the molecule is C=C(C)c1ccc(N=N)cc1. The van der Waals surface area contributed by atoms with Crippen molar-refractivity contribution in [3.05, 3.63) is 36.4 Å². The molecule has 0 unspecified atom stereocenters. The zero-order valence-corrected chi connectivity index (χ0v) is 6.46. The first-order valence-corrected chi connectivity index (χ1v) is 3.37. The van der Waals surface area contributed by atoms with Gasteiger partial charge in [0, 0.05) is 0 Å². The summed E-state index contributed by atoms with van der Waals surface area (Å²) in [4.78, 5) is 0. The van der Waals surface area contributed by atoms with Crippen LogP contribution in [0, 0.1) is 5.53 Å². The third kappa shape index (κ3) is 1.74. The molecule has 0 aliphatic rings. The molecule has 11 heavy (non-hydrogen) atoms. The Bertz CT molecular complexity index is 272. The Morgan fingerprint density at radius 2 is 1.91 bits per heavy atom. The molecule has 0 spiro atoms. The highest BCUT2D eigenvalue weighted by atomic mass is 14.9. The summed E-state index contributed by atoms with van der Waals surface area (Å²) in [7, 11) is 0. The molecule has 2 heteroatoms. The van der Waals surface area contributed by atoms with Crippen molar-refractivity contribution < 1.29 is 0 Å². The minimum Gasteiger partial charge on any atom is -0.204 e. The average molecular weight is 146 g/mol. The van der Waals surface area contributed by atoms with Crippen LogP contribution in [0.1, 0.15) is 12.5 Å². The monoisotopic (exact) mass is 146 g/mol. The molecule has 0 saturated heterocycles. The van der Waals surface area contributed by atoms with E-state index in [-0.39, 0.29) is 0 Å². The molecule has 1 rings (SSSR count). The van der Waals surface area contributed by atoms with Crippen LogP contribution in [0.5, 0.6) is 0 Å². The summed E-state index contributed by atoms with van der Waals surface area (Å²) in [6.45, 7) is 5.75. The van der Waals surface area contributed by atoms with E-state index in [0.717, 1.165) is 11.1 Å². The van der Waals surface area contributed by atoms with Gasteiger partial charge in [0.25, 0.3) is 0 Å². The van der Waals surface area contributed by atoms with Crippen molar-refractivity contribution in [2.24, 2.45) is 5.11 Å². The van der Waals surface area contributed by atoms with E-state index in [4.69, 9.17) is 5.53 Å². The standard InChI is InChI=1S/C9H10N2/c1-7(2)8-3-5-9(11-10)6-4-8/h3-6,10H,1H2,2H3. The highest BCUT2D eigenvalue weighted by Gasteiger charge is 1.91. The number of rotatable bonds is 2. The van der Waals surface area contributed by atoms with E-state index in [1.54, 1.807) is 12.1 Å². The summed E-state index contributed by atoms with van der Waals surface area (Å²) < 4.78 is 0. The van der Waals surface area contributed by atoms with Gasteiger partial charge in [-0.3, -0.25) is 0 Å². The van der Waals surface area contributed by atoms with Gasteiger partial charge in [-0.1, -0.05) is 24.3 Å².